The first-order chi connectivity index (χ1) is 9.24. The summed E-state index contributed by atoms with van der Waals surface area (Å²) in [6.45, 7) is 2.26. The van der Waals surface area contributed by atoms with Gasteiger partial charge in [0.2, 0.25) is 0 Å². The Kier molecular flexibility index (Phi) is 8.93. The van der Waals surface area contributed by atoms with Crippen LogP contribution in [0.5, 0.6) is 0 Å². The smallest absolute Gasteiger partial charge is 0.136 e. The van der Waals surface area contributed by atoms with Crippen molar-refractivity contribution in [3.63, 3.8) is 0 Å². The molecule has 0 amide bonds. The Morgan fingerprint density at radius 3 is 2.37 bits per heavy atom. The van der Waals surface area contributed by atoms with Gasteiger partial charge in [-0.25, -0.2) is 0 Å². The molecule has 3 heteroatoms. The van der Waals surface area contributed by atoms with Crippen molar-refractivity contribution < 1.29 is 0 Å². The predicted octanol–water partition coefficient (Wildman–Crippen LogP) is 5.32. The molecule has 19 heavy (non-hydrogen) atoms. The highest BCUT2D eigenvalue weighted by Crippen LogP contribution is 2.24. The molecule has 0 atom stereocenters. The minimum absolute atomic E-state index is 0.506. The topological polar surface area (TPSA) is 26.0 Å². The van der Waals surface area contributed by atoms with E-state index >= 15 is 0 Å². The van der Waals surface area contributed by atoms with Crippen molar-refractivity contribution in [2.24, 2.45) is 5.73 Å². The number of benzene rings is 1. The number of nitrogens with two attached hydrogens (primary N) is 1. The van der Waals surface area contributed by atoms with E-state index in [-0.39, 0.29) is 0 Å². The Morgan fingerprint density at radius 2 is 1.68 bits per heavy atom. The normalized spacial score (nSPS) is 10.6. The molecule has 0 saturated heterocycles. The number of hydrogen-bond donors (Lipinski definition) is 1. The molecule has 0 radical (unpaired) electrons. The van der Waals surface area contributed by atoms with Gasteiger partial charge in [-0.05, 0) is 24.5 Å². The maximum absolute atomic E-state index is 5.61. The zero-order valence-electron chi connectivity index (χ0n) is 11.9. The molecule has 0 heterocycles. The third-order valence-corrected chi connectivity index (χ3v) is 4.30. The van der Waals surface area contributed by atoms with Gasteiger partial charge in [-0.15, -0.1) is 0 Å². The molecule has 0 spiro atoms. The molecule has 0 aliphatic heterocycles. The number of thioether (sulfide) groups is 1. The highest BCUT2D eigenvalue weighted by Gasteiger charge is 2.03. The Balaban J connectivity index is 2.26. The molecule has 1 rings (SSSR count). The first-order valence-corrected chi connectivity index (χ1v) is 8.51. The number of aryl methyl sites for hydroxylation is 1. The average molecular weight is 296 g/mol. The van der Waals surface area contributed by atoms with Gasteiger partial charge < -0.3 is 5.73 Å². The van der Waals surface area contributed by atoms with Gasteiger partial charge in [0.15, 0.2) is 0 Å². The van der Waals surface area contributed by atoms with Crippen LogP contribution in [0.4, 0.5) is 0 Å². The van der Waals surface area contributed by atoms with E-state index in [2.05, 4.69) is 31.2 Å². The van der Waals surface area contributed by atoms with Crippen molar-refractivity contribution in [2.75, 3.05) is 0 Å². The van der Waals surface area contributed by atoms with Crippen molar-refractivity contribution in [1.82, 2.24) is 0 Å². The lowest BCUT2D eigenvalue weighted by atomic mass is 10.0. The van der Waals surface area contributed by atoms with Crippen LogP contribution in [-0.4, -0.2) is 4.32 Å². The van der Waals surface area contributed by atoms with E-state index in [9.17, 15) is 0 Å². The van der Waals surface area contributed by atoms with Crippen LogP contribution in [0.15, 0.2) is 29.2 Å². The number of rotatable bonds is 9. The minimum atomic E-state index is 0.506. The van der Waals surface area contributed by atoms with Crippen LogP contribution in [0.1, 0.15) is 57.4 Å². The van der Waals surface area contributed by atoms with Gasteiger partial charge in [0.25, 0.3) is 0 Å². The molecule has 0 aliphatic rings. The van der Waals surface area contributed by atoms with E-state index in [1.807, 2.05) is 0 Å². The van der Waals surface area contributed by atoms with Gasteiger partial charge in [0, 0.05) is 4.90 Å². The Hall–Kier alpha value is -0.540. The van der Waals surface area contributed by atoms with E-state index in [1.54, 1.807) is 0 Å². The molecular weight excluding hydrogens is 270 g/mol. The van der Waals surface area contributed by atoms with Crippen LogP contribution in [-0.2, 0) is 6.42 Å². The monoisotopic (exact) mass is 295 g/mol. The second kappa shape index (κ2) is 10.3. The SMILES string of the molecule is CCCCCCCCCc1ccccc1SC(N)=S. The Morgan fingerprint density at radius 1 is 1.05 bits per heavy atom. The maximum atomic E-state index is 5.61. The summed E-state index contributed by atoms with van der Waals surface area (Å²) in [6, 6.07) is 8.45. The van der Waals surface area contributed by atoms with E-state index in [0.29, 0.717) is 4.32 Å². The molecular formula is C16H25NS2. The Bertz CT molecular complexity index is 377. The fraction of sp³-hybridized carbons (Fsp3) is 0.562. The van der Waals surface area contributed by atoms with Crippen LogP contribution in [0, 0.1) is 0 Å². The van der Waals surface area contributed by atoms with E-state index in [1.165, 1.54) is 67.2 Å². The number of hydrogen-bond acceptors (Lipinski definition) is 2. The summed E-state index contributed by atoms with van der Waals surface area (Å²) < 4.78 is 0.506. The van der Waals surface area contributed by atoms with Crippen molar-refractivity contribution >= 4 is 28.3 Å². The number of unbranched alkanes of at least 4 members (excludes halogenated alkanes) is 6. The Labute approximate surface area is 127 Å². The summed E-state index contributed by atoms with van der Waals surface area (Å²) in [4.78, 5) is 1.22. The molecule has 0 bridgehead atoms. The van der Waals surface area contributed by atoms with Gasteiger partial charge >= 0.3 is 0 Å². The van der Waals surface area contributed by atoms with E-state index in [4.69, 9.17) is 18.0 Å². The summed E-state index contributed by atoms with van der Waals surface area (Å²) in [5, 5.41) is 0. The summed E-state index contributed by atoms with van der Waals surface area (Å²) >= 11 is 6.48. The second-order valence-electron chi connectivity index (χ2n) is 4.90. The molecule has 0 fully saturated rings. The maximum Gasteiger partial charge on any atom is 0.136 e. The fourth-order valence-corrected chi connectivity index (χ4v) is 3.12. The molecule has 2 N–H and O–H groups in total. The van der Waals surface area contributed by atoms with Gasteiger partial charge in [0.1, 0.15) is 4.32 Å². The molecule has 0 saturated carbocycles. The summed E-state index contributed by atoms with van der Waals surface area (Å²) in [7, 11) is 0. The van der Waals surface area contributed by atoms with E-state index in [0.717, 1.165) is 6.42 Å². The van der Waals surface area contributed by atoms with E-state index < -0.39 is 0 Å². The quantitative estimate of drug-likeness (QED) is 0.379. The van der Waals surface area contributed by atoms with Crippen molar-refractivity contribution in [3.05, 3.63) is 29.8 Å². The van der Waals surface area contributed by atoms with Crippen LogP contribution in [0.3, 0.4) is 0 Å². The first kappa shape index (κ1) is 16.5. The van der Waals surface area contributed by atoms with Crippen molar-refractivity contribution in [2.45, 2.75) is 63.2 Å². The minimum Gasteiger partial charge on any atom is -0.384 e. The largest absolute Gasteiger partial charge is 0.384 e. The molecule has 0 aliphatic carbocycles. The highest BCUT2D eigenvalue weighted by atomic mass is 32.2. The zero-order valence-corrected chi connectivity index (χ0v) is 13.5. The number of thiocarbonyl (C=S) groups is 1. The lowest BCUT2D eigenvalue weighted by molar-refractivity contribution is 0.588. The molecule has 0 aromatic heterocycles. The predicted molar refractivity (Wildman–Crippen MR) is 90.8 cm³/mol. The third kappa shape index (κ3) is 7.58. The zero-order chi connectivity index (χ0) is 13.9. The fourth-order valence-electron chi connectivity index (χ4n) is 2.19. The average Bonchev–Trinajstić information content (AvgIpc) is 2.39. The van der Waals surface area contributed by atoms with Crippen molar-refractivity contribution in [3.8, 4) is 0 Å². The van der Waals surface area contributed by atoms with Crippen LogP contribution < -0.4 is 5.73 Å². The standard InChI is InChI=1S/C16H25NS2/c1-2-3-4-5-6-7-8-11-14-12-9-10-13-15(14)19-16(17)18/h9-10,12-13H,2-8,11H2,1H3,(H2,17,18). The molecule has 1 nitrogen and oxygen atoms in total. The lowest BCUT2D eigenvalue weighted by Crippen LogP contribution is -2.02. The van der Waals surface area contributed by atoms with Crippen LogP contribution >= 0.6 is 24.0 Å². The molecule has 1 aromatic carbocycles. The molecule has 1 aromatic rings. The summed E-state index contributed by atoms with van der Waals surface area (Å²) in [5.41, 5.74) is 6.99. The van der Waals surface area contributed by atoms with Crippen LogP contribution in [0.2, 0.25) is 0 Å². The van der Waals surface area contributed by atoms with Gasteiger partial charge in [0.05, 0.1) is 0 Å². The molecule has 0 unspecified atom stereocenters. The lowest BCUT2D eigenvalue weighted by Gasteiger charge is -2.08. The second-order valence-corrected chi connectivity index (χ2v) is 6.68. The van der Waals surface area contributed by atoms with Gasteiger partial charge in [-0.3, -0.25) is 0 Å². The first-order valence-electron chi connectivity index (χ1n) is 7.29. The highest BCUT2D eigenvalue weighted by molar-refractivity contribution is 8.23. The summed E-state index contributed by atoms with van der Waals surface area (Å²) in [5.74, 6) is 0. The van der Waals surface area contributed by atoms with Gasteiger partial charge in [-0.2, -0.15) is 0 Å². The van der Waals surface area contributed by atoms with Gasteiger partial charge in [-0.1, -0.05) is 87.6 Å². The third-order valence-electron chi connectivity index (χ3n) is 3.23. The summed E-state index contributed by atoms with van der Waals surface area (Å²) in [6.07, 6.45) is 10.6. The van der Waals surface area contributed by atoms with Crippen molar-refractivity contribution in [1.29, 1.82) is 0 Å². The molecule has 106 valence electrons. The van der Waals surface area contributed by atoms with Crippen LogP contribution in [0.25, 0.3) is 0 Å².